The zero-order chi connectivity index (χ0) is 19.6. The number of benzene rings is 2. The van der Waals surface area contributed by atoms with Crippen molar-refractivity contribution in [2.24, 2.45) is 0 Å². The summed E-state index contributed by atoms with van der Waals surface area (Å²) in [6.07, 6.45) is 0. The Hall–Kier alpha value is -1.51. The molecule has 4 rings (SSSR count). The fourth-order valence-electron chi connectivity index (χ4n) is 3.63. The molecule has 3 aromatic rings. The second-order valence-corrected chi connectivity index (χ2v) is 10.8. The van der Waals surface area contributed by atoms with Crippen LogP contribution < -0.4 is 0 Å². The highest BCUT2D eigenvalue weighted by atomic mass is 79.9. The van der Waals surface area contributed by atoms with Gasteiger partial charge in [-0.1, -0.05) is 64.5 Å². The van der Waals surface area contributed by atoms with Gasteiger partial charge in [0.2, 0.25) is 0 Å². The van der Waals surface area contributed by atoms with Crippen molar-refractivity contribution in [3.8, 4) is 0 Å². The van der Waals surface area contributed by atoms with Crippen LogP contribution in [0, 0.1) is 0 Å². The van der Waals surface area contributed by atoms with Crippen LogP contribution >= 0.6 is 27.3 Å². The Kier molecular flexibility index (Phi) is 5.99. The normalized spacial score (nSPS) is 17.5. The van der Waals surface area contributed by atoms with Crippen LogP contribution in [0.2, 0.25) is 0 Å². The molecule has 1 aliphatic heterocycles. The monoisotopic (exact) mass is 476 g/mol. The van der Waals surface area contributed by atoms with Gasteiger partial charge in [0.1, 0.15) is 4.21 Å². The van der Waals surface area contributed by atoms with E-state index >= 15 is 0 Å². The Morgan fingerprint density at radius 1 is 0.821 bits per heavy atom. The van der Waals surface area contributed by atoms with Crippen LogP contribution in [0.1, 0.15) is 17.2 Å². The molecule has 1 aliphatic rings. The first-order valence-corrected chi connectivity index (χ1v) is 12.2. The number of rotatable bonds is 5. The number of sulfonamides is 1. The first kappa shape index (κ1) is 19.8. The molecule has 1 aromatic heterocycles. The summed E-state index contributed by atoms with van der Waals surface area (Å²) < 4.78 is 28.7. The van der Waals surface area contributed by atoms with Gasteiger partial charge in [0, 0.05) is 30.7 Å². The Morgan fingerprint density at radius 2 is 1.46 bits per heavy atom. The van der Waals surface area contributed by atoms with Gasteiger partial charge in [-0.3, -0.25) is 4.90 Å². The number of piperazine rings is 1. The predicted molar refractivity (Wildman–Crippen MR) is 117 cm³/mol. The summed E-state index contributed by atoms with van der Waals surface area (Å²) in [5, 5.41) is 1.81. The van der Waals surface area contributed by atoms with E-state index in [2.05, 4.69) is 69.4 Å². The van der Waals surface area contributed by atoms with Crippen LogP contribution in [0.4, 0.5) is 0 Å². The van der Waals surface area contributed by atoms with Gasteiger partial charge in [-0.25, -0.2) is 8.42 Å². The fraction of sp³-hybridized carbons (Fsp3) is 0.238. The molecule has 7 heteroatoms. The topological polar surface area (TPSA) is 40.6 Å². The zero-order valence-corrected chi connectivity index (χ0v) is 18.5. The van der Waals surface area contributed by atoms with Crippen LogP contribution in [0.5, 0.6) is 0 Å². The lowest BCUT2D eigenvalue weighted by atomic mass is 9.96. The molecule has 2 heterocycles. The molecule has 2 aromatic carbocycles. The summed E-state index contributed by atoms with van der Waals surface area (Å²) in [5.41, 5.74) is 2.43. The summed E-state index contributed by atoms with van der Waals surface area (Å²) in [4.78, 5) is 2.37. The lowest BCUT2D eigenvalue weighted by Crippen LogP contribution is -2.49. The van der Waals surface area contributed by atoms with Gasteiger partial charge in [0.25, 0.3) is 10.0 Å². The van der Waals surface area contributed by atoms with Crippen molar-refractivity contribution < 1.29 is 8.42 Å². The molecule has 0 N–H and O–H groups in total. The molecule has 1 fully saturated rings. The van der Waals surface area contributed by atoms with E-state index in [0.29, 0.717) is 30.4 Å². The van der Waals surface area contributed by atoms with Crippen molar-refractivity contribution in [3.05, 3.63) is 87.7 Å². The molecular weight excluding hydrogens is 456 g/mol. The van der Waals surface area contributed by atoms with E-state index in [4.69, 9.17) is 0 Å². The second kappa shape index (κ2) is 8.47. The summed E-state index contributed by atoms with van der Waals surface area (Å²) in [7, 11) is -3.38. The third-order valence-electron chi connectivity index (χ3n) is 5.03. The molecule has 1 atom stereocenters. The lowest BCUT2D eigenvalue weighted by Gasteiger charge is -2.39. The summed E-state index contributed by atoms with van der Waals surface area (Å²) in [5.74, 6) is 0. The molecule has 28 heavy (non-hydrogen) atoms. The molecule has 146 valence electrons. The minimum atomic E-state index is -3.38. The van der Waals surface area contributed by atoms with Crippen molar-refractivity contribution in [2.75, 3.05) is 26.2 Å². The molecule has 0 aliphatic carbocycles. The average molecular weight is 477 g/mol. The highest BCUT2D eigenvalue weighted by molar-refractivity contribution is 9.10. The maximum Gasteiger partial charge on any atom is 0.252 e. The molecule has 0 unspecified atom stereocenters. The van der Waals surface area contributed by atoms with Gasteiger partial charge in [-0.15, -0.1) is 11.3 Å². The Labute approximate surface area is 178 Å². The van der Waals surface area contributed by atoms with Crippen LogP contribution in [0.15, 0.2) is 80.8 Å². The van der Waals surface area contributed by atoms with Crippen LogP contribution in [-0.4, -0.2) is 43.8 Å². The molecule has 0 spiro atoms. The predicted octanol–water partition coefficient (Wildman–Crippen LogP) is 4.61. The second-order valence-electron chi connectivity index (χ2n) is 6.74. The Balaban J connectivity index is 1.57. The van der Waals surface area contributed by atoms with Crippen molar-refractivity contribution in [3.63, 3.8) is 0 Å². The summed E-state index contributed by atoms with van der Waals surface area (Å²) in [6, 6.07) is 22.4. The van der Waals surface area contributed by atoms with E-state index in [1.807, 2.05) is 11.4 Å². The van der Waals surface area contributed by atoms with Gasteiger partial charge < -0.3 is 0 Å². The molecule has 0 bridgehead atoms. The molecular formula is C21H21BrN2O2S2. The maximum absolute atomic E-state index is 12.8. The van der Waals surface area contributed by atoms with E-state index in [-0.39, 0.29) is 6.04 Å². The van der Waals surface area contributed by atoms with E-state index in [0.717, 1.165) is 4.47 Å². The van der Waals surface area contributed by atoms with Crippen molar-refractivity contribution in [2.45, 2.75) is 10.3 Å². The Morgan fingerprint density at radius 3 is 2.07 bits per heavy atom. The highest BCUT2D eigenvalue weighted by Gasteiger charge is 2.32. The first-order valence-electron chi connectivity index (χ1n) is 9.14. The fourth-order valence-corrected chi connectivity index (χ4v) is 6.47. The smallest absolute Gasteiger partial charge is 0.252 e. The summed E-state index contributed by atoms with van der Waals surface area (Å²) >= 11 is 4.79. The molecule has 4 nitrogen and oxygen atoms in total. The number of thiophene rings is 1. The average Bonchev–Trinajstić information content (AvgIpc) is 3.27. The number of hydrogen-bond acceptors (Lipinski definition) is 4. The summed E-state index contributed by atoms with van der Waals surface area (Å²) in [6.45, 7) is 2.39. The first-order chi connectivity index (χ1) is 13.6. The van der Waals surface area contributed by atoms with Gasteiger partial charge >= 0.3 is 0 Å². The van der Waals surface area contributed by atoms with E-state index in [9.17, 15) is 8.42 Å². The van der Waals surface area contributed by atoms with Gasteiger partial charge in [0.05, 0.1) is 6.04 Å². The van der Waals surface area contributed by atoms with Crippen molar-refractivity contribution in [1.29, 1.82) is 0 Å². The van der Waals surface area contributed by atoms with Gasteiger partial charge in [-0.2, -0.15) is 4.31 Å². The Bertz CT molecular complexity index is 998. The van der Waals surface area contributed by atoms with Crippen LogP contribution in [0.3, 0.4) is 0 Å². The minimum Gasteiger partial charge on any atom is -0.290 e. The minimum absolute atomic E-state index is 0.112. The maximum atomic E-state index is 12.8. The van der Waals surface area contributed by atoms with Crippen LogP contribution in [0.25, 0.3) is 0 Å². The SMILES string of the molecule is O=S(=O)(c1cccs1)N1CCN([C@H](c2ccccc2)c2ccc(Br)cc2)CC1. The standard InChI is InChI=1S/C21H21BrN2O2S2/c22-19-10-8-18(9-11-19)21(17-5-2-1-3-6-17)23-12-14-24(15-13-23)28(25,26)20-7-4-16-27-20/h1-11,16,21H,12-15H2/t21-/m1/s1. The van der Waals surface area contributed by atoms with Crippen molar-refractivity contribution >= 4 is 37.3 Å². The van der Waals surface area contributed by atoms with Gasteiger partial charge in [-0.05, 0) is 34.7 Å². The molecule has 0 saturated carbocycles. The third-order valence-corrected chi connectivity index (χ3v) is 8.83. The number of halogens is 1. The lowest BCUT2D eigenvalue weighted by molar-refractivity contribution is 0.156. The third kappa shape index (κ3) is 4.09. The number of hydrogen-bond donors (Lipinski definition) is 0. The molecule has 1 saturated heterocycles. The largest absolute Gasteiger partial charge is 0.290 e. The van der Waals surface area contributed by atoms with E-state index in [1.165, 1.54) is 22.5 Å². The quantitative estimate of drug-likeness (QED) is 0.539. The molecule has 0 amide bonds. The van der Waals surface area contributed by atoms with Crippen molar-refractivity contribution in [1.82, 2.24) is 9.21 Å². The highest BCUT2D eigenvalue weighted by Crippen LogP contribution is 2.31. The van der Waals surface area contributed by atoms with Gasteiger partial charge in [0.15, 0.2) is 0 Å². The zero-order valence-electron chi connectivity index (χ0n) is 15.2. The van der Waals surface area contributed by atoms with E-state index in [1.54, 1.807) is 16.4 Å². The molecule has 0 radical (unpaired) electrons. The van der Waals surface area contributed by atoms with E-state index < -0.39 is 10.0 Å². The number of nitrogens with zero attached hydrogens (tertiary/aromatic N) is 2. The van der Waals surface area contributed by atoms with Crippen LogP contribution in [-0.2, 0) is 10.0 Å².